The molecule has 1 saturated heterocycles. The van der Waals surface area contributed by atoms with E-state index in [1.54, 1.807) is 0 Å². The summed E-state index contributed by atoms with van der Waals surface area (Å²) in [6.07, 6.45) is 0.804. The number of halogens is 2. The first-order chi connectivity index (χ1) is 9.11. The van der Waals surface area contributed by atoms with Crippen LogP contribution in [0.5, 0.6) is 0 Å². The first-order valence-electron chi connectivity index (χ1n) is 6.25. The van der Waals surface area contributed by atoms with Crippen LogP contribution in [-0.2, 0) is 6.42 Å². The fraction of sp³-hybridized carbons (Fsp3) is 0.538. The number of benzene rings is 1. The first kappa shape index (κ1) is 15.8. The van der Waals surface area contributed by atoms with Gasteiger partial charge >= 0.3 is 0 Å². The Kier molecular flexibility index (Phi) is 6.18. The summed E-state index contributed by atoms with van der Waals surface area (Å²) in [6, 6.07) is 5.80. The maximum Gasteiger partial charge on any atom is 0.0439 e. The van der Waals surface area contributed by atoms with Crippen LogP contribution < -0.4 is 11.3 Å². The average molecular weight is 337 g/mol. The van der Waals surface area contributed by atoms with Crippen LogP contribution in [-0.4, -0.2) is 28.0 Å². The summed E-state index contributed by atoms with van der Waals surface area (Å²) in [5.74, 6) is 8.15. The Morgan fingerprint density at radius 2 is 2.11 bits per heavy atom. The molecule has 1 fully saturated rings. The minimum atomic E-state index is 0.212. The van der Waals surface area contributed by atoms with Crippen molar-refractivity contribution >= 4 is 46.7 Å². The molecule has 1 aliphatic rings. The van der Waals surface area contributed by atoms with Crippen molar-refractivity contribution < 1.29 is 0 Å². The van der Waals surface area contributed by atoms with Crippen molar-refractivity contribution in [2.45, 2.75) is 29.9 Å². The highest BCUT2D eigenvalue weighted by atomic mass is 35.5. The van der Waals surface area contributed by atoms with E-state index < -0.39 is 0 Å². The van der Waals surface area contributed by atoms with Crippen molar-refractivity contribution in [3.63, 3.8) is 0 Å². The van der Waals surface area contributed by atoms with Crippen LogP contribution in [0, 0.1) is 0 Å². The normalized spacial score (nSPS) is 25.3. The molecule has 0 spiro atoms. The third kappa shape index (κ3) is 4.19. The summed E-state index contributed by atoms with van der Waals surface area (Å²) < 4.78 is 0. The average Bonchev–Trinajstić information content (AvgIpc) is 2.41. The SMILES string of the molecule is CC1SCCSC1C(Cc1cc(Cl)ccc1Cl)NN. The molecule has 0 saturated carbocycles. The molecular weight excluding hydrogens is 319 g/mol. The molecule has 6 heteroatoms. The van der Waals surface area contributed by atoms with Crippen molar-refractivity contribution in [3.8, 4) is 0 Å². The summed E-state index contributed by atoms with van der Waals surface area (Å²) in [4.78, 5) is 0. The van der Waals surface area contributed by atoms with Gasteiger partial charge in [0.05, 0.1) is 0 Å². The van der Waals surface area contributed by atoms with Gasteiger partial charge in [-0.25, -0.2) is 0 Å². The zero-order valence-corrected chi connectivity index (χ0v) is 13.9. The second kappa shape index (κ2) is 7.43. The molecule has 2 rings (SSSR count). The molecule has 1 heterocycles. The van der Waals surface area contributed by atoms with Crippen LogP contribution in [0.3, 0.4) is 0 Å². The zero-order valence-electron chi connectivity index (χ0n) is 10.7. The van der Waals surface area contributed by atoms with Gasteiger partial charge in [-0.3, -0.25) is 11.3 Å². The van der Waals surface area contributed by atoms with Crippen LogP contribution in [0.1, 0.15) is 12.5 Å². The van der Waals surface area contributed by atoms with E-state index in [-0.39, 0.29) is 6.04 Å². The van der Waals surface area contributed by atoms with Crippen LogP contribution in [0.25, 0.3) is 0 Å². The molecule has 0 bridgehead atoms. The van der Waals surface area contributed by atoms with E-state index in [0.717, 1.165) is 17.0 Å². The Bertz CT molecular complexity index is 431. The maximum absolute atomic E-state index is 6.23. The number of hydrogen-bond donors (Lipinski definition) is 2. The molecule has 19 heavy (non-hydrogen) atoms. The Balaban J connectivity index is 2.11. The quantitative estimate of drug-likeness (QED) is 0.650. The highest BCUT2D eigenvalue weighted by Crippen LogP contribution is 2.34. The lowest BCUT2D eigenvalue weighted by Gasteiger charge is -2.34. The molecule has 3 N–H and O–H groups in total. The number of nitrogens with one attached hydrogen (secondary N) is 1. The van der Waals surface area contributed by atoms with Crippen LogP contribution in [0.2, 0.25) is 10.0 Å². The molecule has 0 aromatic heterocycles. The van der Waals surface area contributed by atoms with Crippen molar-refractivity contribution in [2.75, 3.05) is 11.5 Å². The van der Waals surface area contributed by atoms with Gasteiger partial charge in [-0.2, -0.15) is 23.5 Å². The fourth-order valence-corrected chi connectivity index (χ4v) is 5.63. The van der Waals surface area contributed by atoms with E-state index >= 15 is 0 Å². The van der Waals surface area contributed by atoms with Gasteiger partial charge < -0.3 is 0 Å². The highest BCUT2D eigenvalue weighted by molar-refractivity contribution is 8.07. The van der Waals surface area contributed by atoms with E-state index in [1.165, 1.54) is 11.5 Å². The number of hydrazine groups is 1. The largest absolute Gasteiger partial charge is 0.271 e. The lowest BCUT2D eigenvalue weighted by molar-refractivity contribution is 0.501. The third-order valence-electron chi connectivity index (χ3n) is 3.30. The summed E-state index contributed by atoms with van der Waals surface area (Å²) >= 11 is 16.3. The van der Waals surface area contributed by atoms with Crippen molar-refractivity contribution in [2.24, 2.45) is 5.84 Å². The summed E-state index contributed by atoms with van der Waals surface area (Å²) in [5, 5.41) is 2.57. The lowest BCUT2D eigenvalue weighted by atomic mass is 10.0. The Labute approximate surface area is 133 Å². The smallest absolute Gasteiger partial charge is 0.0439 e. The predicted octanol–water partition coefficient (Wildman–Crippen LogP) is 3.60. The Hall–Kier alpha value is 0.420. The maximum atomic E-state index is 6.23. The molecule has 2 nitrogen and oxygen atoms in total. The second-order valence-corrected chi connectivity index (χ2v) is 8.24. The zero-order chi connectivity index (χ0) is 13.8. The Morgan fingerprint density at radius 3 is 2.79 bits per heavy atom. The lowest BCUT2D eigenvalue weighted by Crippen LogP contribution is -2.48. The Morgan fingerprint density at radius 1 is 1.37 bits per heavy atom. The van der Waals surface area contributed by atoms with Crippen molar-refractivity contribution in [1.29, 1.82) is 0 Å². The van der Waals surface area contributed by atoms with E-state index in [0.29, 0.717) is 15.5 Å². The molecular formula is C13H18Cl2N2S2. The van der Waals surface area contributed by atoms with Crippen LogP contribution in [0.15, 0.2) is 18.2 Å². The van der Waals surface area contributed by atoms with E-state index in [1.807, 2.05) is 41.7 Å². The number of hydrogen-bond acceptors (Lipinski definition) is 4. The molecule has 0 aliphatic carbocycles. The summed E-state index contributed by atoms with van der Waals surface area (Å²) in [7, 11) is 0. The van der Waals surface area contributed by atoms with Gasteiger partial charge in [0.2, 0.25) is 0 Å². The highest BCUT2D eigenvalue weighted by Gasteiger charge is 2.30. The van der Waals surface area contributed by atoms with Gasteiger partial charge in [-0.15, -0.1) is 0 Å². The molecule has 3 atom stereocenters. The molecule has 3 unspecified atom stereocenters. The van der Waals surface area contributed by atoms with Gasteiger partial charge in [0.1, 0.15) is 0 Å². The van der Waals surface area contributed by atoms with Crippen LogP contribution >= 0.6 is 46.7 Å². The number of rotatable bonds is 4. The van der Waals surface area contributed by atoms with E-state index in [4.69, 9.17) is 29.0 Å². The minimum absolute atomic E-state index is 0.212. The van der Waals surface area contributed by atoms with Crippen molar-refractivity contribution in [3.05, 3.63) is 33.8 Å². The molecule has 0 amide bonds. The van der Waals surface area contributed by atoms with Gasteiger partial charge in [0.15, 0.2) is 0 Å². The number of thioether (sulfide) groups is 2. The molecule has 1 aromatic rings. The fourth-order valence-electron chi connectivity index (χ4n) is 2.30. The molecule has 0 radical (unpaired) electrons. The monoisotopic (exact) mass is 336 g/mol. The summed E-state index contributed by atoms with van der Waals surface area (Å²) in [6.45, 7) is 2.27. The van der Waals surface area contributed by atoms with Gasteiger partial charge in [-0.1, -0.05) is 30.1 Å². The van der Waals surface area contributed by atoms with Gasteiger partial charge in [0, 0.05) is 38.1 Å². The van der Waals surface area contributed by atoms with Gasteiger partial charge in [0.25, 0.3) is 0 Å². The standard InChI is InChI=1S/C13H18Cl2N2S2/c1-8-13(19-5-4-18-8)12(17-16)7-9-6-10(14)2-3-11(9)15/h2-3,6,8,12-13,17H,4-5,7,16H2,1H3. The second-order valence-electron chi connectivity index (χ2n) is 4.62. The van der Waals surface area contributed by atoms with Crippen molar-refractivity contribution in [1.82, 2.24) is 5.43 Å². The minimum Gasteiger partial charge on any atom is -0.271 e. The number of nitrogens with two attached hydrogens (primary N) is 1. The molecule has 106 valence electrons. The first-order valence-corrected chi connectivity index (χ1v) is 9.10. The molecule has 1 aromatic carbocycles. The summed E-state index contributed by atoms with van der Waals surface area (Å²) in [5.41, 5.74) is 4.02. The van der Waals surface area contributed by atoms with Crippen LogP contribution in [0.4, 0.5) is 0 Å². The topological polar surface area (TPSA) is 38.0 Å². The van der Waals surface area contributed by atoms with Gasteiger partial charge in [-0.05, 0) is 30.2 Å². The molecule has 1 aliphatic heterocycles. The van der Waals surface area contributed by atoms with E-state index in [2.05, 4.69) is 12.3 Å². The van der Waals surface area contributed by atoms with E-state index in [9.17, 15) is 0 Å². The predicted molar refractivity (Wildman–Crippen MR) is 89.4 cm³/mol. The third-order valence-corrected chi connectivity index (χ3v) is 7.15.